The molecule has 11 heteroatoms. The van der Waals surface area contributed by atoms with Gasteiger partial charge in [-0.2, -0.15) is 0 Å². The van der Waals surface area contributed by atoms with Crippen LogP contribution in [0.4, 0.5) is 17.1 Å². The highest BCUT2D eigenvalue weighted by Crippen LogP contribution is 2.36. The molecule has 0 atom stereocenters. The van der Waals surface area contributed by atoms with Crippen LogP contribution in [0.5, 0.6) is 0 Å². The summed E-state index contributed by atoms with van der Waals surface area (Å²) >= 11 is 12.3. The lowest BCUT2D eigenvalue weighted by Gasteiger charge is -2.31. The lowest BCUT2D eigenvalue weighted by Crippen LogP contribution is -2.37. The smallest absolute Gasteiger partial charge is 0.275 e. The van der Waals surface area contributed by atoms with Crippen molar-refractivity contribution in [2.75, 3.05) is 35.9 Å². The first-order valence-electron chi connectivity index (χ1n) is 8.29. The number of nitrogens with zero attached hydrogens (tertiary/aromatic N) is 2. The molecule has 28 heavy (non-hydrogen) atoms. The molecule has 2 aromatic rings. The molecule has 0 radical (unpaired) electrons. The maximum Gasteiger partial charge on any atom is 0.275 e. The van der Waals surface area contributed by atoms with Crippen LogP contribution in [0, 0.1) is 17.0 Å². The largest absolute Gasteiger partial charge is 0.378 e. The summed E-state index contributed by atoms with van der Waals surface area (Å²) in [5.41, 5.74) is 0.632. The molecule has 0 amide bonds. The van der Waals surface area contributed by atoms with Crippen LogP contribution in [0.15, 0.2) is 35.2 Å². The van der Waals surface area contributed by atoms with Gasteiger partial charge in [-0.3, -0.25) is 14.8 Å². The van der Waals surface area contributed by atoms with Gasteiger partial charge in [-0.1, -0.05) is 29.3 Å². The van der Waals surface area contributed by atoms with Crippen LogP contribution >= 0.6 is 23.2 Å². The molecule has 0 spiro atoms. The quantitative estimate of drug-likeness (QED) is 0.553. The lowest BCUT2D eigenvalue weighted by molar-refractivity contribution is -0.385. The first kappa shape index (κ1) is 20.7. The Hall–Kier alpha value is -2.07. The minimum absolute atomic E-state index is 0.00549. The second-order valence-electron chi connectivity index (χ2n) is 6.15. The average Bonchev–Trinajstić information content (AvgIpc) is 2.64. The summed E-state index contributed by atoms with van der Waals surface area (Å²) in [6, 6.07) is 7.04. The number of nitro benzene ring substituents is 1. The second kappa shape index (κ2) is 8.12. The third-order valence-corrected chi connectivity index (χ3v) is 6.40. The monoisotopic (exact) mass is 445 g/mol. The molecule has 1 heterocycles. The van der Waals surface area contributed by atoms with E-state index in [1.807, 2.05) is 4.90 Å². The third-order valence-electron chi connectivity index (χ3n) is 4.36. The number of hydrogen-bond acceptors (Lipinski definition) is 6. The Kier molecular flexibility index (Phi) is 5.99. The molecule has 0 unspecified atom stereocenters. The van der Waals surface area contributed by atoms with Gasteiger partial charge in [-0.15, -0.1) is 0 Å². The zero-order chi connectivity index (χ0) is 20.5. The fourth-order valence-corrected chi connectivity index (χ4v) is 4.58. The summed E-state index contributed by atoms with van der Waals surface area (Å²) < 4.78 is 33.6. The van der Waals surface area contributed by atoms with Gasteiger partial charge in [0.25, 0.3) is 15.7 Å². The molecule has 0 saturated carbocycles. The molecular weight excluding hydrogens is 429 g/mol. The van der Waals surface area contributed by atoms with Gasteiger partial charge in [0.05, 0.1) is 44.5 Å². The SMILES string of the molecule is Cc1c(Cl)cc(S(=O)(=O)Nc2cccc(Cl)c2N2CCOCC2)cc1[N+](=O)[O-]. The molecule has 0 aromatic heterocycles. The van der Waals surface area contributed by atoms with Crippen molar-refractivity contribution in [1.29, 1.82) is 0 Å². The molecule has 1 aliphatic rings. The summed E-state index contributed by atoms with van der Waals surface area (Å²) in [5, 5.41) is 11.6. The van der Waals surface area contributed by atoms with Gasteiger partial charge in [-0.25, -0.2) is 8.42 Å². The highest BCUT2D eigenvalue weighted by molar-refractivity contribution is 7.92. The molecular formula is C17H17Cl2N3O5S. The Bertz CT molecular complexity index is 1020. The third kappa shape index (κ3) is 4.17. The van der Waals surface area contributed by atoms with Gasteiger partial charge in [0.2, 0.25) is 0 Å². The maximum atomic E-state index is 12.9. The van der Waals surface area contributed by atoms with E-state index < -0.39 is 14.9 Å². The van der Waals surface area contributed by atoms with Crippen LogP contribution in [-0.2, 0) is 14.8 Å². The number of nitrogens with one attached hydrogen (secondary N) is 1. The van der Waals surface area contributed by atoms with Crippen LogP contribution < -0.4 is 9.62 Å². The van der Waals surface area contributed by atoms with Crippen molar-refractivity contribution < 1.29 is 18.1 Å². The highest BCUT2D eigenvalue weighted by atomic mass is 35.5. The van der Waals surface area contributed by atoms with Gasteiger partial charge in [0.1, 0.15) is 0 Å². The molecule has 2 aromatic carbocycles. The molecule has 1 aliphatic heterocycles. The predicted octanol–water partition coefficient (Wildman–Crippen LogP) is 3.85. The van der Waals surface area contributed by atoms with Crippen molar-refractivity contribution >= 4 is 50.3 Å². The number of benzene rings is 2. The summed E-state index contributed by atoms with van der Waals surface area (Å²) in [4.78, 5) is 12.2. The number of ether oxygens (including phenoxy) is 1. The van der Waals surface area contributed by atoms with Crippen LogP contribution in [0.1, 0.15) is 5.56 Å². The van der Waals surface area contributed by atoms with E-state index in [1.165, 1.54) is 13.0 Å². The number of hydrogen-bond donors (Lipinski definition) is 1. The van der Waals surface area contributed by atoms with Crippen LogP contribution in [0.25, 0.3) is 0 Å². The zero-order valence-electron chi connectivity index (χ0n) is 14.8. The highest BCUT2D eigenvalue weighted by Gasteiger charge is 2.25. The van der Waals surface area contributed by atoms with Gasteiger partial charge >= 0.3 is 0 Å². The lowest BCUT2D eigenvalue weighted by atomic mass is 10.2. The molecule has 0 aliphatic carbocycles. The molecule has 150 valence electrons. The van der Waals surface area contributed by atoms with Crippen LogP contribution in [-0.4, -0.2) is 39.6 Å². The van der Waals surface area contributed by atoms with Crippen molar-refractivity contribution in [3.05, 3.63) is 56.1 Å². The minimum Gasteiger partial charge on any atom is -0.378 e. The van der Waals surface area contributed by atoms with E-state index in [9.17, 15) is 18.5 Å². The fourth-order valence-electron chi connectivity index (χ4n) is 2.89. The van der Waals surface area contributed by atoms with E-state index in [-0.39, 0.29) is 26.9 Å². The topological polar surface area (TPSA) is 102 Å². The van der Waals surface area contributed by atoms with Gasteiger partial charge in [-0.05, 0) is 25.1 Å². The minimum atomic E-state index is -4.14. The first-order chi connectivity index (χ1) is 13.2. The van der Waals surface area contributed by atoms with Gasteiger partial charge in [0, 0.05) is 24.7 Å². The molecule has 1 fully saturated rings. The van der Waals surface area contributed by atoms with E-state index in [2.05, 4.69) is 4.72 Å². The Morgan fingerprint density at radius 2 is 1.86 bits per heavy atom. The second-order valence-corrected chi connectivity index (χ2v) is 8.64. The first-order valence-corrected chi connectivity index (χ1v) is 10.5. The fraction of sp³-hybridized carbons (Fsp3) is 0.294. The maximum absolute atomic E-state index is 12.9. The molecule has 1 N–H and O–H groups in total. The number of nitro groups is 1. The van der Waals surface area contributed by atoms with Crippen LogP contribution in [0.2, 0.25) is 10.0 Å². The number of morpholine rings is 1. The number of halogens is 2. The number of rotatable bonds is 5. The molecule has 1 saturated heterocycles. The Balaban J connectivity index is 2.02. The summed E-state index contributed by atoms with van der Waals surface area (Å²) in [5.74, 6) is 0. The van der Waals surface area contributed by atoms with Crippen molar-refractivity contribution in [2.24, 2.45) is 0 Å². The summed E-state index contributed by atoms with van der Waals surface area (Å²) in [6.07, 6.45) is 0. The van der Waals surface area contributed by atoms with E-state index in [0.29, 0.717) is 37.0 Å². The van der Waals surface area contributed by atoms with Gasteiger partial charge < -0.3 is 9.64 Å². The number of para-hydroxylation sites is 1. The normalized spacial score (nSPS) is 14.8. The van der Waals surface area contributed by atoms with Crippen molar-refractivity contribution in [1.82, 2.24) is 0 Å². The Morgan fingerprint density at radius 3 is 2.50 bits per heavy atom. The predicted molar refractivity (Wildman–Crippen MR) is 108 cm³/mol. The van der Waals surface area contributed by atoms with Crippen LogP contribution in [0.3, 0.4) is 0 Å². The average molecular weight is 446 g/mol. The standard InChI is InChI=1S/C17H17Cl2N3O5S/c1-11-14(19)9-12(10-16(11)22(23)24)28(25,26)20-15-4-2-3-13(18)17(15)21-5-7-27-8-6-21/h2-4,9-10,20H,5-8H2,1H3. The zero-order valence-corrected chi connectivity index (χ0v) is 17.1. The number of sulfonamides is 1. The van der Waals surface area contributed by atoms with Crippen molar-refractivity contribution in [3.63, 3.8) is 0 Å². The number of anilines is 2. The Morgan fingerprint density at radius 1 is 1.18 bits per heavy atom. The van der Waals surface area contributed by atoms with E-state index in [0.717, 1.165) is 6.07 Å². The van der Waals surface area contributed by atoms with Crippen molar-refractivity contribution in [3.8, 4) is 0 Å². The summed E-state index contributed by atoms with van der Waals surface area (Å²) in [6.45, 7) is 3.56. The van der Waals surface area contributed by atoms with E-state index in [4.69, 9.17) is 27.9 Å². The molecule has 3 rings (SSSR count). The Labute approximate surface area is 172 Å². The van der Waals surface area contributed by atoms with E-state index >= 15 is 0 Å². The molecule has 8 nitrogen and oxygen atoms in total. The van der Waals surface area contributed by atoms with E-state index in [1.54, 1.807) is 18.2 Å². The van der Waals surface area contributed by atoms with Gasteiger partial charge in [0.15, 0.2) is 0 Å². The summed E-state index contributed by atoms with van der Waals surface area (Å²) in [7, 11) is -4.14. The molecule has 0 bridgehead atoms. The van der Waals surface area contributed by atoms with Crippen molar-refractivity contribution in [2.45, 2.75) is 11.8 Å².